The topological polar surface area (TPSA) is 41.4 Å². The maximum absolute atomic E-state index is 13.1. The van der Waals surface area contributed by atoms with Crippen molar-refractivity contribution in [3.05, 3.63) is 48.0 Å². The zero-order valence-electron chi connectivity index (χ0n) is 14.4. The van der Waals surface area contributed by atoms with Gasteiger partial charge < -0.3 is 4.90 Å². The number of carbonyl (C=O) groups is 1. The fourth-order valence-corrected chi connectivity index (χ4v) is 4.04. The average molecular weight is 342 g/mol. The average Bonchev–Trinajstić information content (AvgIpc) is 2.86. The lowest BCUT2D eigenvalue weighted by Crippen LogP contribution is -2.43. The predicted molar refractivity (Wildman–Crippen MR) is 92.7 cm³/mol. The fourth-order valence-electron chi connectivity index (χ4n) is 4.04. The molecule has 0 saturated carbocycles. The highest BCUT2D eigenvalue weighted by Gasteiger charge is 2.35. The zero-order chi connectivity index (χ0) is 17.4. The zero-order valence-corrected chi connectivity index (χ0v) is 14.4. The van der Waals surface area contributed by atoms with E-state index in [1.807, 2.05) is 17.3 Å². The number of hydrogen-bond acceptors (Lipinski definition) is 3. The SMILES string of the molecule is CC(=O)N1C[C@@H]2CC[C@H](C1)N(Cc1cnn(-c3ccc(F)cc3)c1)C2. The van der Waals surface area contributed by atoms with Gasteiger partial charge in [-0.1, -0.05) is 0 Å². The molecule has 6 heteroatoms. The molecule has 1 aromatic heterocycles. The van der Waals surface area contributed by atoms with Gasteiger partial charge in [0.1, 0.15) is 5.82 Å². The van der Waals surface area contributed by atoms with Crippen molar-refractivity contribution in [3.8, 4) is 5.69 Å². The van der Waals surface area contributed by atoms with Gasteiger partial charge in [-0.05, 0) is 43.0 Å². The standard InChI is InChI=1S/C19H23FN4O/c1-14(25)22-9-15-2-5-19(13-22)23(10-15)11-16-8-21-24(12-16)18-6-3-17(20)4-7-18/h3-4,6-8,12,15,19H,2,5,9-11,13H2,1H3/t15-,19+/m0/s1. The first-order chi connectivity index (χ1) is 12.1. The molecule has 2 atom stereocenters. The molecule has 3 fully saturated rings. The normalized spacial score (nSPS) is 23.7. The van der Waals surface area contributed by atoms with Crippen molar-refractivity contribution >= 4 is 5.91 Å². The summed E-state index contributed by atoms with van der Waals surface area (Å²) in [6, 6.07) is 6.77. The van der Waals surface area contributed by atoms with Gasteiger partial charge in [-0.25, -0.2) is 9.07 Å². The van der Waals surface area contributed by atoms with Crippen LogP contribution in [0.2, 0.25) is 0 Å². The Bertz CT molecular complexity index is 757. The summed E-state index contributed by atoms with van der Waals surface area (Å²) in [7, 11) is 0. The van der Waals surface area contributed by atoms with Crippen LogP contribution in [0.5, 0.6) is 0 Å². The first-order valence-corrected chi connectivity index (χ1v) is 8.87. The second kappa shape index (κ2) is 6.59. The minimum atomic E-state index is -0.244. The summed E-state index contributed by atoms with van der Waals surface area (Å²) in [4.78, 5) is 16.3. The Labute approximate surface area is 147 Å². The molecule has 3 saturated heterocycles. The van der Waals surface area contributed by atoms with Gasteiger partial charge in [-0.3, -0.25) is 9.69 Å². The van der Waals surface area contributed by atoms with Crippen LogP contribution in [-0.4, -0.2) is 51.2 Å². The molecule has 0 aliphatic carbocycles. The van der Waals surface area contributed by atoms with Crippen molar-refractivity contribution in [1.29, 1.82) is 0 Å². The van der Waals surface area contributed by atoms with Crippen molar-refractivity contribution in [3.63, 3.8) is 0 Å². The van der Waals surface area contributed by atoms with Gasteiger partial charge in [-0.15, -0.1) is 0 Å². The van der Waals surface area contributed by atoms with E-state index >= 15 is 0 Å². The van der Waals surface area contributed by atoms with Gasteiger partial charge in [0.2, 0.25) is 5.91 Å². The Hall–Kier alpha value is -2.21. The minimum Gasteiger partial charge on any atom is -0.341 e. The molecule has 0 N–H and O–H groups in total. The van der Waals surface area contributed by atoms with Crippen molar-refractivity contribution in [1.82, 2.24) is 19.6 Å². The van der Waals surface area contributed by atoms with E-state index in [9.17, 15) is 9.18 Å². The van der Waals surface area contributed by atoms with Crippen molar-refractivity contribution in [2.24, 2.45) is 5.92 Å². The fraction of sp³-hybridized carbons (Fsp3) is 0.474. The molecule has 3 aliphatic rings. The summed E-state index contributed by atoms with van der Waals surface area (Å²) >= 11 is 0. The molecule has 0 unspecified atom stereocenters. The van der Waals surface area contributed by atoms with Gasteiger partial charge >= 0.3 is 0 Å². The number of nitrogens with zero attached hydrogens (tertiary/aromatic N) is 4. The van der Waals surface area contributed by atoms with Crippen molar-refractivity contribution < 1.29 is 9.18 Å². The number of amides is 1. The summed E-state index contributed by atoms with van der Waals surface area (Å²) in [5, 5.41) is 4.41. The third-order valence-corrected chi connectivity index (χ3v) is 5.39. The Morgan fingerprint density at radius 3 is 2.76 bits per heavy atom. The number of piperidine rings is 1. The van der Waals surface area contributed by atoms with Crippen LogP contribution >= 0.6 is 0 Å². The number of carbonyl (C=O) groups excluding carboxylic acids is 1. The Kier molecular flexibility index (Phi) is 4.29. The summed E-state index contributed by atoms with van der Waals surface area (Å²) in [6.07, 6.45) is 6.25. The number of benzene rings is 1. The lowest BCUT2D eigenvalue weighted by molar-refractivity contribution is -0.129. The number of fused-ring (bicyclic) bond motifs is 4. The van der Waals surface area contributed by atoms with Crippen LogP contribution in [0.4, 0.5) is 4.39 Å². The van der Waals surface area contributed by atoms with Crippen LogP contribution in [0.15, 0.2) is 36.7 Å². The molecule has 5 nitrogen and oxygen atoms in total. The lowest BCUT2D eigenvalue weighted by atomic mass is 9.95. The summed E-state index contributed by atoms with van der Waals surface area (Å²) in [5.41, 5.74) is 2.00. The Morgan fingerprint density at radius 1 is 1.20 bits per heavy atom. The monoisotopic (exact) mass is 342 g/mol. The van der Waals surface area contributed by atoms with Crippen molar-refractivity contribution in [2.75, 3.05) is 19.6 Å². The highest BCUT2D eigenvalue weighted by Crippen LogP contribution is 2.29. The lowest BCUT2D eigenvalue weighted by Gasteiger charge is -2.35. The molecule has 5 rings (SSSR count). The van der Waals surface area contributed by atoms with Crippen LogP contribution in [0.25, 0.3) is 5.69 Å². The summed E-state index contributed by atoms with van der Waals surface area (Å²) < 4.78 is 14.8. The van der Waals surface area contributed by atoms with Gasteiger partial charge in [0.25, 0.3) is 0 Å². The summed E-state index contributed by atoms with van der Waals surface area (Å²) in [5.74, 6) is 0.504. The van der Waals surface area contributed by atoms with E-state index in [0.717, 1.165) is 43.9 Å². The molecular weight excluding hydrogens is 319 g/mol. The predicted octanol–water partition coefficient (Wildman–Crippen LogP) is 2.45. The molecule has 2 aromatic rings. The van der Waals surface area contributed by atoms with Gasteiger partial charge in [0.05, 0.1) is 11.9 Å². The van der Waals surface area contributed by atoms with Crippen LogP contribution in [0.3, 0.4) is 0 Å². The second-order valence-electron chi connectivity index (χ2n) is 7.22. The molecule has 0 spiro atoms. The summed E-state index contributed by atoms with van der Waals surface area (Å²) in [6.45, 7) is 5.27. The molecule has 3 aliphatic heterocycles. The Morgan fingerprint density at radius 2 is 2.00 bits per heavy atom. The second-order valence-corrected chi connectivity index (χ2v) is 7.22. The van der Waals surface area contributed by atoms with E-state index < -0.39 is 0 Å². The van der Waals surface area contributed by atoms with Crippen LogP contribution in [0.1, 0.15) is 25.3 Å². The number of aromatic nitrogens is 2. The number of rotatable bonds is 3. The molecule has 0 radical (unpaired) electrons. The molecule has 25 heavy (non-hydrogen) atoms. The molecule has 1 aromatic carbocycles. The van der Waals surface area contributed by atoms with E-state index in [1.54, 1.807) is 23.7 Å². The molecule has 2 bridgehead atoms. The number of hydrogen-bond donors (Lipinski definition) is 0. The molecule has 4 heterocycles. The van der Waals surface area contributed by atoms with Gasteiger partial charge in [0, 0.05) is 50.9 Å². The van der Waals surface area contributed by atoms with E-state index in [0.29, 0.717) is 12.0 Å². The molecular formula is C19H23FN4O. The first kappa shape index (κ1) is 16.3. The quantitative estimate of drug-likeness (QED) is 0.860. The largest absolute Gasteiger partial charge is 0.341 e. The van der Waals surface area contributed by atoms with Crippen LogP contribution < -0.4 is 0 Å². The van der Waals surface area contributed by atoms with E-state index in [2.05, 4.69) is 10.00 Å². The van der Waals surface area contributed by atoms with Crippen LogP contribution in [-0.2, 0) is 11.3 Å². The highest BCUT2D eigenvalue weighted by atomic mass is 19.1. The maximum atomic E-state index is 13.1. The number of halogens is 1. The molecule has 132 valence electrons. The van der Waals surface area contributed by atoms with E-state index in [-0.39, 0.29) is 11.7 Å². The first-order valence-electron chi connectivity index (χ1n) is 8.87. The van der Waals surface area contributed by atoms with Crippen LogP contribution in [0, 0.1) is 11.7 Å². The maximum Gasteiger partial charge on any atom is 0.219 e. The van der Waals surface area contributed by atoms with E-state index in [4.69, 9.17) is 0 Å². The minimum absolute atomic E-state index is 0.183. The van der Waals surface area contributed by atoms with Crippen molar-refractivity contribution in [2.45, 2.75) is 32.4 Å². The third kappa shape index (κ3) is 3.44. The highest BCUT2D eigenvalue weighted by molar-refractivity contribution is 5.73. The smallest absolute Gasteiger partial charge is 0.219 e. The third-order valence-electron chi connectivity index (χ3n) is 5.39. The molecule has 1 amide bonds. The van der Waals surface area contributed by atoms with E-state index in [1.165, 1.54) is 18.6 Å². The van der Waals surface area contributed by atoms with Gasteiger partial charge in [-0.2, -0.15) is 5.10 Å². The van der Waals surface area contributed by atoms with Gasteiger partial charge in [0.15, 0.2) is 0 Å². The Balaban J connectivity index is 1.47.